The SMILES string of the molecule is O=C(O)C1C=CC(N2CC3(CCCCC3)C2)C1. The summed E-state index contributed by atoms with van der Waals surface area (Å²) in [5, 5.41) is 8.98. The predicted octanol–water partition coefficient (Wildman–Crippen LogP) is 2.28. The molecule has 0 aromatic heterocycles. The lowest BCUT2D eigenvalue weighted by molar-refractivity contribution is -0.140. The Morgan fingerprint density at radius 1 is 1.18 bits per heavy atom. The Balaban J connectivity index is 1.53. The summed E-state index contributed by atoms with van der Waals surface area (Å²) in [6.45, 7) is 2.41. The van der Waals surface area contributed by atoms with Gasteiger partial charge in [0.2, 0.25) is 0 Å². The Morgan fingerprint density at radius 2 is 1.88 bits per heavy atom. The normalized spacial score (nSPS) is 36.0. The van der Waals surface area contributed by atoms with Gasteiger partial charge in [-0.05, 0) is 24.7 Å². The maximum atomic E-state index is 10.9. The van der Waals surface area contributed by atoms with Crippen molar-refractivity contribution in [1.82, 2.24) is 4.90 Å². The van der Waals surface area contributed by atoms with Crippen molar-refractivity contribution in [3.63, 3.8) is 0 Å². The summed E-state index contributed by atoms with van der Waals surface area (Å²) in [7, 11) is 0. The highest BCUT2D eigenvalue weighted by Crippen LogP contribution is 2.45. The van der Waals surface area contributed by atoms with Crippen molar-refractivity contribution in [2.45, 2.75) is 44.6 Å². The van der Waals surface area contributed by atoms with Crippen LogP contribution in [0.1, 0.15) is 38.5 Å². The maximum absolute atomic E-state index is 10.9. The number of rotatable bonds is 2. The van der Waals surface area contributed by atoms with Crippen molar-refractivity contribution in [3.8, 4) is 0 Å². The first-order valence-corrected chi connectivity index (χ1v) is 6.84. The number of nitrogens with zero attached hydrogens (tertiary/aromatic N) is 1. The van der Waals surface area contributed by atoms with E-state index >= 15 is 0 Å². The zero-order chi connectivity index (χ0) is 11.9. The smallest absolute Gasteiger partial charge is 0.310 e. The lowest BCUT2D eigenvalue weighted by Gasteiger charge is -2.54. The van der Waals surface area contributed by atoms with Gasteiger partial charge in [-0.25, -0.2) is 0 Å². The van der Waals surface area contributed by atoms with E-state index in [-0.39, 0.29) is 5.92 Å². The third-order valence-corrected chi connectivity index (χ3v) is 4.84. The third kappa shape index (κ3) is 2.01. The molecule has 0 radical (unpaired) electrons. The molecule has 1 spiro atoms. The van der Waals surface area contributed by atoms with Gasteiger partial charge in [0.15, 0.2) is 0 Å². The van der Waals surface area contributed by atoms with Crippen molar-refractivity contribution >= 4 is 5.97 Å². The summed E-state index contributed by atoms with van der Waals surface area (Å²) < 4.78 is 0. The number of likely N-dealkylation sites (tertiary alicyclic amines) is 1. The molecule has 1 aliphatic heterocycles. The molecule has 2 aliphatic carbocycles. The standard InChI is InChI=1S/C14H21NO2/c16-13(17)11-4-5-12(8-11)15-9-14(10-15)6-2-1-3-7-14/h4-5,11-12H,1-3,6-10H2,(H,16,17). The van der Waals surface area contributed by atoms with Crippen LogP contribution in [0.5, 0.6) is 0 Å². The molecule has 1 saturated carbocycles. The summed E-state index contributed by atoms with van der Waals surface area (Å²) in [6.07, 6.45) is 11.7. The van der Waals surface area contributed by atoms with Gasteiger partial charge in [0.25, 0.3) is 0 Å². The van der Waals surface area contributed by atoms with Crippen molar-refractivity contribution in [2.75, 3.05) is 13.1 Å². The molecule has 3 rings (SSSR count). The minimum absolute atomic E-state index is 0.247. The predicted molar refractivity (Wildman–Crippen MR) is 65.8 cm³/mol. The van der Waals surface area contributed by atoms with E-state index < -0.39 is 5.97 Å². The topological polar surface area (TPSA) is 40.5 Å². The van der Waals surface area contributed by atoms with E-state index in [9.17, 15) is 4.79 Å². The Morgan fingerprint density at radius 3 is 2.47 bits per heavy atom. The molecule has 2 fully saturated rings. The number of hydrogen-bond donors (Lipinski definition) is 1. The molecule has 94 valence electrons. The van der Waals surface area contributed by atoms with Crippen LogP contribution in [0.15, 0.2) is 12.2 Å². The minimum Gasteiger partial charge on any atom is -0.481 e. The molecule has 0 aromatic carbocycles. The van der Waals surface area contributed by atoms with Gasteiger partial charge in [0.05, 0.1) is 5.92 Å². The number of carbonyl (C=O) groups is 1. The fourth-order valence-corrected chi connectivity index (χ4v) is 3.80. The minimum atomic E-state index is -0.670. The highest BCUT2D eigenvalue weighted by Gasteiger charge is 2.46. The second kappa shape index (κ2) is 4.13. The zero-order valence-electron chi connectivity index (χ0n) is 10.3. The molecule has 1 heterocycles. The highest BCUT2D eigenvalue weighted by molar-refractivity contribution is 5.73. The van der Waals surface area contributed by atoms with E-state index in [2.05, 4.69) is 11.0 Å². The van der Waals surface area contributed by atoms with Gasteiger partial charge < -0.3 is 5.11 Å². The molecule has 3 heteroatoms. The monoisotopic (exact) mass is 235 g/mol. The van der Waals surface area contributed by atoms with Gasteiger partial charge in [-0.15, -0.1) is 0 Å². The van der Waals surface area contributed by atoms with Gasteiger partial charge in [0.1, 0.15) is 0 Å². The highest BCUT2D eigenvalue weighted by atomic mass is 16.4. The molecule has 3 nitrogen and oxygen atoms in total. The van der Waals surface area contributed by atoms with Crippen LogP contribution in [0, 0.1) is 11.3 Å². The number of carboxylic acid groups (broad SMARTS) is 1. The van der Waals surface area contributed by atoms with E-state index in [0.717, 1.165) is 6.42 Å². The lowest BCUT2D eigenvalue weighted by atomic mass is 9.68. The van der Waals surface area contributed by atoms with Crippen LogP contribution in [0.4, 0.5) is 0 Å². The van der Waals surface area contributed by atoms with Crippen molar-refractivity contribution in [3.05, 3.63) is 12.2 Å². The van der Waals surface area contributed by atoms with Crippen LogP contribution in [0.25, 0.3) is 0 Å². The molecule has 0 aromatic rings. The molecule has 1 saturated heterocycles. The quantitative estimate of drug-likeness (QED) is 0.746. The molecule has 2 unspecified atom stereocenters. The van der Waals surface area contributed by atoms with Crippen LogP contribution >= 0.6 is 0 Å². The number of aliphatic carboxylic acids is 1. The number of hydrogen-bond acceptors (Lipinski definition) is 2. The van der Waals surface area contributed by atoms with Gasteiger partial charge in [-0.1, -0.05) is 31.4 Å². The molecular weight excluding hydrogens is 214 g/mol. The average molecular weight is 235 g/mol. The summed E-state index contributed by atoms with van der Waals surface area (Å²) >= 11 is 0. The Bertz CT molecular complexity index is 336. The van der Waals surface area contributed by atoms with Crippen LogP contribution < -0.4 is 0 Å². The molecule has 2 atom stereocenters. The summed E-state index contributed by atoms with van der Waals surface area (Å²) in [6, 6.07) is 0.392. The van der Waals surface area contributed by atoms with Crippen LogP contribution in [-0.2, 0) is 4.79 Å². The molecule has 0 bridgehead atoms. The van der Waals surface area contributed by atoms with E-state index in [1.54, 1.807) is 0 Å². The summed E-state index contributed by atoms with van der Waals surface area (Å²) in [5.41, 5.74) is 0.605. The van der Waals surface area contributed by atoms with Crippen molar-refractivity contribution < 1.29 is 9.90 Å². The van der Waals surface area contributed by atoms with Gasteiger partial charge in [-0.3, -0.25) is 9.69 Å². The van der Waals surface area contributed by atoms with Gasteiger partial charge in [0, 0.05) is 19.1 Å². The van der Waals surface area contributed by atoms with E-state index in [1.165, 1.54) is 45.2 Å². The Labute approximate surface area is 102 Å². The molecule has 3 aliphatic rings. The summed E-state index contributed by atoms with van der Waals surface area (Å²) in [5.74, 6) is -0.917. The van der Waals surface area contributed by atoms with E-state index in [1.807, 2.05) is 6.08 Å². The average Bonchev–Trinajstić information content (AvgIpc) is 2.76. The first-order valence-electron chi connectivity index (χ1n) is 6.84. The second-order valence-electron chi connectivity index (χ2n) is 6.10. The second-order valence-corrected chi connectivity index (χ2v) is 6.10. The van der Waals surface area contributed by atoms with Crippen molar-refractivity contribution in [1.29, 1.82) is 0 Å². The lowest BCUT2D eigenvalue weighted by Crippen LogP contribution is -2.59. The fourth-order valence-electron chi connectivity index (χ4n) is 3.80. The van der Waals surface area contributed by atoms with Crippen LogP contribution in [0.2, 0.25) is 0 Å². The van der Waals surface area contributed by atoms with Crippen LogP contribution in [-0.4, -0.2) is 35.1 Å². The van der Waals surface area contributed by atoms with Crippen LogP contribution in [0.3, 0.4) is 0 Å². The fraction of sp³-hybridized carbons (Fsp3) is 0.786. The maximum Gasteiger partial charge on any atom is 0.310 e. The van der Waals surface area contributed by atoms with E-state index in [4.69, 9.17) is 5.11 Å². The molecule has 17 heavy (non-hydrogen) atoms. The number of carboxylic acids is 1. The van der Waals surface area contributed by atoms with Crippen molar-refractivity contribution in [2.24, 2.45) is 11.3 Å². The summed E-state index contributed by atoms with van der Waals surface area (Å²) in [4.78, 5) is 13.4. The Kier molecular flexibility index (Phi) is 2.74. The van der Waals surface area contributed by atoms with E-state index in [0.29, 0.717) is 11.5 Å². The first-order chi connectivity index (χ1) is 8.19. The molecular formula is C14H21NO2. The largest absolute Gasteiger partial charge is 0.481 e. The van der Waals surface area contributed by atoms with Gasteiger partial charge >= 0.3 is 5.97 Å². The molecule has 1 N–H and O–H groups in total. The first kappa shape index (κ1) is 11.3. The molecule has 0 amide bonds. The zero-order valence-corrected chi connectivity index (χ0v) is 10.3. The Hall–Kier alpha value is -0.830. The third-order valence-electron chi connectivity index (χ3n) is 4.84. The van der Waals surface area contributed by atoms with Gasteiger partial charge in [-0.2, -0.15) is 0 Å².